The molecule has 0 saturated heterocycles. The van der Waals surface area contributed by atoms with Crippen LogP contribution in [0.5, 0.6) is 0 Å². The molecule has 1 aliphatic carbocycles. The number of aromatic amines is 1. The molecule has 0 aliphatic heterocycles. The molecular formula is C21H23N5O2. The van der Waals surface area contributed by atoms with Crippen molar-refractivity contribution in [3.8, 4) is 11.3 Å². The Labute approximate surface area is 162 Å². The topological polar surface area (TPSA) is 92.7 Å². The van der Waals surface area contributed by atoms with Crippen LogP contribution in [0.15, 0.2) is 53.6 Å². The maximum absolute atomic E-state index is 12.3. The number of benzene rings is 1. The highest BCUT2D eigenvalue weighted by atomic mass is 16.2. The first-order valence-electron chi connectivity index (χ1n) is 9.66. The van der Waals surface area contributed by atoms with Crippen molar-refractivity contribution in [1.29, 1.82) is 0 Å². The maximum atomic E-state index is 12.3. The second-order valence-corrected chi connectivity index (χ2v) is 7.12. The lowest BCUT2D eigenvalue weighted by Gasteiger charge is -2.10. The Morgan fingerprint density at radius 3 is 2.71 bits per heavy atom. The van der Waals surface area contributed by atoms with E-state index in [2.05, 4.69) is 20.5 Å². The van der Waals surface area contributed by atoms with E-state index in [0.29, 0.717) is 30.4 Å². The summed E-state index contributed by atoms with van der Waals surface area (Å²) in [5, 5.41) is 9.76. The van der Waals surface area contributed by atoms with Crippen molar-refractivity contribution in [2.24, 2.45) is 0 Å². The van der Waals surface area contributed by atoms with Gasteiger partial charge in [-0.2, -0.15) is 5.10 Å². The molecule has 1 aliphatic rings. The molecule has 0 spiro atoms. The lowest BCUT2D eigenvalue weighted by atomic mass is 10.0. The highest BCUT2D eigenvalue weighted by molar-refractivity contribution is 5.93. The second-order valence-electron chi connectivity index (χ2n) is 7.12. The molecule has 1 aromatic carbocycles. The van der Waals surface area contributed by atoms with Crippen LogP contribution in [0.1, 0.15) is 47.8 Å². The average molecular weight is 377 g/mol. The normalized spacial score (nSPS) is 14.3. The van der Waals surface area contributed by atoms with Gasteiger partial charge in [-0.1, -0.05) is 43.2 Å². The zero-order chi connectivity index (χ0) is 19.3. The van der Waals surface area contributed by atoms with Crippen LogP contribution >= 0.6 is 0 Å². The Morgan fingerprint density at radius 1 is 1.18 bits per heavy atom. The highest BCUT2D eigenvalue weighted by Crippen LogP contribution is 2.32. The Kier molecular flexibility index (Phi) is 5.32. The van der Waals surface area contributed by atoms with Crippen molar-refractivity contribution in [2.75, 3.05) is 6.54 Å². The van der Waals surface area contributed by atoms with Crippen LogP contribution < -0.4 is 10.9 Å². The first kappa shape index (κ1) is 18.2. The standard InChI is InChI=1S/C21H23N5O2/c27-20-13-17(15-8-4-5-9-15)23-14-26(20)11-10-22-21(28)19-12-18(24-25-19)16-6-2-1-3-7-16/h1-3,6-7,12-15H,4-5,8-11H2,(H,22,28)(H,24,25). The predicted octanol–water partition coefficient (Wildman–Crippen LogP) is 2.72. The average Bonchev–Trinajstić information content (AvgIpc) is 3.42. The van der Waals surface area contributed by atoms with Crippen LogP contribution in [0.4, 0.5) is 0 Å². The van der Waals surface area contributed by atoms with Gasteiger partial charge < -0.3 is 5.32 Å². The third kappa shape index (κ3) is 4.03. The summed E-state index contributed by atoms with van der Waals surface area (Å²) < 4.78 is 1.53. The smallest absolute Gasteiger partial charge is 0.269 e. The Morgan fingerprint density at radius 2 is 1.96 bits per heavy atom. The van der Waals surface area contributed by atoms with E-state index < -0.39 is 0 Å². The number of amides is 1. The third-order valence-corrected chi connectivity index (χ3v) is 5.20. The van der Waals surface area contributed by atoms with Crippen molar-refractivity contribution in [3.63, 3.8) is 0 Å². The number of aromatic nitrogens is 4. The largest absolute Gasteiger partial charge is 0.349 e. The minimum Gasteiger partial charge on any atom is -0.349 e. The van der Waals surface area contributed by atoms with Crippen LogP contribution in [-0.4, -0.2) is 32.2 Å². The van der Waals surface area contributed by atoms with Gasteiger partial charge in [-0.05, 0) is 18.9 Å². The summed E-state index contributed by atoms with van der Waals surface area (Å²) in [5.41, 5.74) is 2.88. The van der Waals surface area contributed by atoms with Gasteiger partial charge in [-0.15, -0.1) is 0 Å². The van der Waals surface area contributed by atoms with Crippen LogP contribution in [0.2, 0.25) is 0 Å². The molecule has 144 valence electrons. The van der Waals surface area contributed by atoms with Crippen LogP contribution in [-0.2, 0) is 6.54 Å². The third-order valence-electron chi connectivity index (χ3n) is 5.20. The summed E-state index contributed by atoms with van der Waals surface area (Å²) in [6.07, 6.45) is 6.23. The minimum atomic E-state index is -0.252. The number of carbonyl (C=O) groups excluding carboxylic acids is 1. The molecule has 1 saturated carbocycles. The fraction of sp³-hybridized carbons (Fsp3) is 0.333. The number of nitrogens with one attached hydrogen (secondary N) is 2. The van der Waals surface area contributed by atoms with E-state index in [-0.39, 0.29) is 11.5 Å². The van der Waals surface area contributed by atoms with Crippen LogP contribution in [0, 0.1) is 0 Å². The second kappa shape index (κ2) is 8.21. The lowest BCUT2D eigenvalue weighted by molar-refractivity contribution is 0.0947. The minimum absolute atomic E-state index is 0.0703. The molecule has 1 fully saturated rings. The van der Waals surface area contributed by atoms with Gasteiger partial charge in [0.1, 0.15) is 5.69 Å². The molecule has 28 heavy (non-hydrogen) atoms. The molecule has 0 atom stereocenters. The van der Waals surface area contributed by atoms with Gasteiger partial charge in [0.05, 0.1) is 17.7 Å². The van der Waals surface area contributed by atoms with Crippen LogP contribution in [0.3, 0.4) is 0 Å². The molecular weight excluding hydrogens is 354 g/mol. The summed E-state index contributed by atoms with van der Waals surface area (Å²) in [4.78, 5) is 29.1. The van der Waals surface area contributed by atoms with Gasteiger partial charge in [0, 0.05) is 30.6 Å². The summed E-state index contributed by atoms with van der Waals surface area (Å²) in [7, 11) is 0. The first-order valence-corrected chi connectivity index (χ1v) is 9.66. The number of hydrogen-bond donors (Lipinski definition) is 2. The Bertz CT molecular complexity index is 1000. The first-order chi connectivity index (χ1) is 13.7. The SMILES string of the molecule is O=C(NCCn1cnc(C2CCCC2)cc1=O)c1cc(-c2ccccc2)n[nH]1. The maximum Gasteiger partial charge on any atom is 0.269 e. The molecule has 7 nitrogen and oxygen atoms in total. The number of H-pyrrole nitrogens is 1. The monoisotopic (exact) mass is 377 g/mol. The fourth-order valence-electron chi connectivity index (χ4n) is 3.63. The van der Waals surface area contributed by atoms with Gasteiger partial charge >= 0.3 is 0 Å². The number of hydrogen-bond acceptors (Lipinski definition) is 4. The molecule has 4 rings (SSSR count). The van der Waals surface area contributed by atoms with E-state index in [1.54, 1.807) is 18.5 Å². The van der Waals surface area contributed by atoms with E-state index in [1.165, 1.54) is 17.4 Å². The van der Waals surface area contributed by atoms with E-state index in [0.717, 1.165) is 24.1 Å². The van der Waals surface area contributed by atoms with Gasteiger partial charge in [-0.3, -0.25) is 19.3 Å². The molecule has 0 unspecified atom stereocenters. The molecule has 1 amide bonds. The quantitative estimate of drug-likeness (QED) is 0.691. The molecule has 2 heterocycles. The lowest BCUT2D eigenvalue weighted by Crippen LogP contribution is -2.31. The Hall–Kier alpha value is -3.22. The molecule has 0 radical (unpaired) electrons. The molecule has 0 bridgehead atoms. The van der Waals surface area contributed by atoms with E-state index in [9.17, 15) is 9.59 Å². The van der Waals surface area contributed by atoms with E-state index >= 15 is 0 Å². The fourth-order valence-corrected chi connectivity index (χ4v) is 3.63. The van der Waals surface area contributed by atoms with Gasteiger partial charge in [0.25, 0.3) is 11.5 Å². The zero-order valence-corrected chi connectivity index (χ0v) is 15.6. The number of carbonyl (C=O) groups is 1. The van der Waals surface area contributed by atoms with Crippen molar-refractivity contribution >= 4 is 5.91 Å². The van der Waals surface area contributed by atoms with Crippen molar-refractivity contribution < 1.29 is 4.79 Å². The Balaban J connectivity index is 1.33. The van der Waals surface area contributed by atoms with Gasteiger partial charge in [-0.25, -0.2) is 4.98 Å². The van der Waals surface area contributed by atoms with Crippen molar-refractivity contribution in [3.05, 3.63) is 70.5 Å². The van der Waals surface area contributed by atoms with Crippen LogP contribution in [0.25, 0.3) is 11.3 Å². The molecule has 7 heteroatoms. The number of rotatable bonds is 6. The highest BCUT2D eigenvalue weighted by Gasteiger charge is 2.19. The van der Waals surface area contributed by atoms with Gasteiger partial charge in [0.15, 0.2) is 0 Å². The summed E-state index contributed by atoms with van der Waals surface area (Å²) in [6.45, 7) is 0.713. The van der Waals surface area contributed by atoms with E-state index in [1.807, 2.05) is 30.3 Å². The predicted molar refractivity (Wildman–Crippen MR) is 106 cm³/mol. The zero-order valence-electron chi connectivity index (χ0n) is 15.6. The van der Waals surface area contributed by atoms with E-state index in [4.69, 9.17) is 0 Å². The van der Waals surface area contributed by atoms with Crippen molar-refractivity contribution in [1.82, 2.24) is 25.1 Å². The molecule has 2 N–H and O–H groups in total. The number of nitrogens with zero attached hydrogens (tertiary/aromatic N) is 3. The molecule has 3 aromatic rings. The summed E-state index contributed by atoms with van der Waals surface area (Å²) >= 11 is 0. The van der Waals surface area contributed by atoms with Gasteiger partial charge in [0.2, 0.25) is 0 Å². The van der Waals surface area contributed by atoms with Crippen molar-refractivity contribution in [2.45, 2.75) is 38.1 Å². The molecule has 2 aromatic heterocycles. The summed E-state index contributed by atoms with van der Waals surface area (Å²) in [6, 6.07) is 13.0. The summed E-state index contributed by atoms with van der Waals surface area (Å²) in [5.74, 6) is 0.166.